The normalized spacial score (nSPS) is 12.2. The molecule has 0 bridgehead atoms. The maximum absolute atomic E-state index is 14.3. The number of nitrogens with one attached hydrogen (secondary N) is 2. The van der Waals surface area contributed by atoms with Crippen molar-refractivity contribution in [2.24, 2.45) is 5.73 Å². The van der Waals surface area contributed by atoms with Crippen molar-refractivity contribution in [1.82, 2.24) is 0 Å². The van der Waals surface area contributed by atoms with Gasteiger partial charge in [-0.3, -0.25) is 4.79 Å². The third-order valence-electron chi connectivity index (χ3n) is 4.53. The topological polar surface area (TPSA) is 76.4 Å². The number of hydrogen-bond acceptors (Lipinski definition) is 4. The lowest BCUT2D eigenvalue weighted by molar-refractivity contribution is 0.0999. The van der Waals surface area contributed by atoms with E-state index < -0.39 is 17.5 Å². The van der Waals surface area contributed by atoms with E-state index in [-0.39, 0.29) is 22.7 Å². The average molecular weight is 507 g/mol. The van der Waals surface area contributed by atoms with E-state index in [1.807, 2.05) is 28.7 Å². The van der Waals surface area contributed by atoms with Crippen LogP contribution in [0.3, 0.4) is 0 Å². The first-order valence-corrected chi connectivity index (χ1v) is 9.88. The van der Waals surface area contributed by atoms with Crippen molar-refractivity contribution in [2.75, 3.05) is 17.2 Å². The van der Waals surface area contributed by atoms with E-state index in [4.69, 9.17) is 10.5 Å². The summed E-state index contributed by atoms with van der Waals surface area (Å²) < 4.78 is 35.0. The average Bonchev–Trinajstić information content (AvgIpc) is 3.11. The van der Waals surface area contributed by atoms with E-state index in [1.54, 1.807) is 18.2 Å². The summed E-state index contributed by atoms with van der Waals surface area (Å²) >= 11 is 1.98. The van der Waals surface area contributed by atoms with Crippen LogP contribution in [0.15, 0.2) is 48.5 Å². The van der Waals surface area contributed by atoms with Gasteiger partial charge in [0.1, 0.15) is 28.7 Å². The highest BCUT2D eigenvalue weighted by atomic mass is 127. The second-order valence-electron chi connectivity index (χ2n) is 6.54. The van der Waals surface area contributed by atoms with Gasteiger partial charge in [0.2, 0.25) is 0 Å². The zero-order valence-corrected chi connectivity index (χ0v) is 17.2. The van der Waals surface area contributed by atoms with Crippen molar-refractivity contribution in [3.63, 3.8) is 0 Å². The van der Waals surface area contributed by atoms with Gasteiger partial charge in [0, 0.05) is 27.9 Å². The van der Waals surface area contributed by atoms with Gasteiger partial charge in [-0.05, 0) is 64.9 Å². The lowest BCUT2D eigenvalue weighted by Crippen LogP contribution is -2.15. The second kappa shape index (κ2) is 7.86. The molecular formula is C21H16F2IN3O2. The number of carbonyl (C=O) groups excluding carboxylic acids is 1. The minimum Gasteiger partial charge on any atom is -0.456 e. The number of carbonyl (C=O) groups is 1. The van der Waals surface area contributed by atoms with Crippen molar-refractivity contribution in [2.45, 2.75) is 6.42 Å². The molecule has 0 radical (unpaired) electrons. The van der Waals surface area contributed by atoms with Gasteiger partial charge in [-0.15, -0.1) is 0 Å². The molecule has 4 rings (SSSR count). The number of hydrogen-bond donors (Lipinski definition) is 3. The zero-order valence-electron chi connectivity index (χ0n) is 15.1. The Hall–Kier alpha value is -2.88. The van der Waals surface area contributed by atoms with Crippen molar-refractivity contribution < 1.29 is 18.3 Å². The van der Waals surface area contributed by atoms with E-state index in [1.165, 1.54) is 12.1 Å². The van der Waals surface area contributed by atoms with Gasteiger partial charge in [0.25, 0.3) is 5.91 Å². The minimum absolute atomic E-state index is 0.0203. The number of nitrogens with two attached hydrogens (primary N) is 1. The van der Waals surface area contributed by atoms with Crippen LogP contribution in [0.2, 0.25) is 0 Å². The van der Waals surface area contributed by atoms with Crippen LogP contribution in [-0.4, -0.2) is 12.5 Å². The maximum Gasteiger partial charge on any atom is 0.254 e. The Labute approximate surface area is 179 Å². The van der Waals surface area contributed by atoms with Crippen molar-refractivity contribution in [3.05, 3.63) is 74.9 Å². The van der Waals surface area contributed by atoms with Crippen LogP contribution in [0, 0.1) is 15.2 Å². The molecule has 5 nitrogen and oxygen atoms in total. The van der Waals surface area contributed by atoms with Crippen LogP contribution in [0.5, 0.6) is 11.5 Å². The molecule has 3 aromatic carbocycles. The summed E-state index contributed by atoms with van der Waals surface area (Å²) in [5.41, 5.74) is 7.66. The summed E-state index contributed by atoms with van der Waals surface area (Å²) in [5.74, 6) is -1.64. The summed E-state index contributed by atoms with van der Waals surface area (Å²) in [6.07, 6.45) is 0.914. The van der Waals surface area contributed by atoms with E-state index in [9.17, 15) is 13.6 Å². The summed E-state index contributed by atoms with van der Waals surface area (Å²) in [5, 5.41) is 5.98. The van der Waals surface area contributed by atoms with E-state index in [0.29, 0.717) is 9.32 Å². The lowest BCUT2D eigenvalue weighted by Gasteiger charge is -2.16. The lowest BCUT2D eigenvalue weighted by atomic mass is 10.1. The number of primary amides is 1. The monoisotopic (exact) mass is 507 g/mol. The molecule has 0 aromatic heterocycles. The summed E-state index contributed by atoms with van der Waals surface area (Å²) in [6.45, 7) is 0.834. The SMILES string of the molecule is NC(=O)c1c(Nc2ccc(I)cc2F)cc(F)cc1Oc1ccc2c(c1)NCC2. The molecule has 1 amide bonds. The first-order chi connectivity index (χ1) is 13.9. The third-order valence-corrected chi connectivity index (χ3v) is 5.20. The number of benzene rings is 3. The molecule has 1 heterocycles. The maximum atomic E-state index is 14.3. The zero-order chi connectivity index (χ0) is 20.5. The van der Waals surface area contributed by atoms with Crippen LogP contribution in [-0.2, 0) is 6.42 Å². The van der Waals surface area contributed by atoms with Crippen LogP contribution < -0.4 is 21.1 Å². The minimum atomic E-state index is -0.826. The largest absolute Gasteiger partial charge is 0.456 e. The quantitative estimate of drug-likeness (QED) is 0.417. The first kappa shape index (κ1) is 19.4. The molecule has 0 saturated carbocycles. The van der Waals surface area contributed by atoms with E-state index >= 15 is 0 Å². The Bertz CT molecular complexity index is 1120. The molecule has 1 aliphatic heterocycles. The van der Waals surface area contributed by atoms with Gasteiger partial charge in [0.15, 0.2) is 0 Å². The van der Waals surface area contributed by atoms with Crippen LogP contribution >= 0.6 is 22.6 Å². The molecule has 8 heteroatoms. The standard InChI is InChI=1S/C21H16F2IN3O2/c22-12-7-18(27-16-4-2-13(24)9-15(16)23)20(21(25)28)19(8-12)29-14-3-1-11-5-6-26-17(11)10-14/h1-4,7-10,26-27H,5-6H2,(H2,25,28). The van der Waals surface area contributed by atoms with Crippen molar-refractivity contribution >= 4 is 45.6 Å². The number of anilines is 3. The molecule has 0 fully saturated rings. The summed E-state index contributed by atoms with van der Waals surface area (Å²) in [7, 11) is 0. The van der Waals surface area contributed by atoms with Gasteiger partial charge in [0.05, 0.1) is 11.4 Å². The van der Waals surface area contributed by atoms with Crippen LogP contribution in [0.1, 0.15) is 15.9 Å². The predicted molar refractivity (Wildman–Crippen MR) is 116 cm³/mol. The molecule has 1 aliphatic rings. The number of rotatable bonds is 5. The van der Waals surface area contributed by atoms with Crippen LogP contribution in [0.4, 0.5) is 25.8 Å². The Balaban J connectivity index is 1.73. The Kier molecular flexibility index (Phi) is 5.27. The Morgan fingerprint density at radius 3 is 2.69 bits per heavy atom. The van der Waals surface area contributed by atoms with Gasteiger partial charge >= 0.3 is 0 Å². The van der Waals surface area contributed by atoms with Gasteiger partial charge < -0.3 is 21.1 Å². The van der Waals surface area contributed by atoms with Crippen molar-refractivity contribution in [3.8, 4) is 11.5 Å². The van der Waals surface area contributed by atoms with Gasteiger partial charge in [-0.2, -0.15) is 0 Å². The summed E-state index contributed by atoms with van der Waals surface area (Å²) in [6, 6.07) is 12.1. The predicted octanol–water partition coefficient (Wildman–Crippen LogP) is 5.17. The molecule has 0 aliphatic carbocycles. The van der Waals surface area contributed by atoms with Gasteiger partial charge in [-0.25, -0.2) is 8.78 Å². The third kappa shape index (κ3) is 4.12. The van der Waals surface area contributed by atoms with E-state index in [0.717, 1.165) is 36.3 Å². The molecular weight excluding hydrogens is 491 g/mol. The highest BCUT2D eigenvalue weighted by Crippen LogP contribution is 2.36. The number of ether oxygens (including phenoxy) is 1. The molecule has 0 saturated heterocycles. The fraction of sp³-hybridized carbons (Fsp3) is 0.0952. The number of amides is 1. The molecule has 148 valence electrons. The molecule has 0 spiro atoms. The fourth-order valence-electron chi connectivity index (χ4n) is 3.21. The van der Waals surface area contributed by atoms with Gasteiger partial charge in [-0.1, -0.05) is 6.07 Å². The van der Waals surface area contributed by atoms with Crippen LogP contribution in [0.25, 0.3) is 0 Å². The smallest absolute Gasteiger partial charge is 0.254 e. The highest BCUT2D eigenvalue weighted by molar-refractivity contribution is 14.1. The highest BCUT2D eigenvalue weighted by Gasteiger charge is 2.20. The molecule has 0 unspecified atom stereocenters. The first-order valence-electron chi connectivity index (χ1n) is 8.81. The summed E-state index contributed by atoms with van der Waals surface area (Å²) in [4.78, 5) is 12.1. The molecule has 3 aromatic rings. The number of halogens is 3. The Morgan fingerprint density at radius 2 is 1.93 bits per heavy atom. The molecule has 4 N–H and O–H groups in total. The second-order valence-corrected chi connectivity index (χ2v) is 7.78. The molecule has 0 atom stereocenters. The van der Waals surface area contributed by atoms with Crippen molar-refractivity contribution in [1.29, 1.82) is 0 Å². The fourth-order valence-corrected chi connectivity index (χ4v) is 3.66. The Morgan fingerprint density at radius 1 is 1.10 bits per heavy atom. The van der Waals surface area contributed by atoms with E-state index in [2.05, 4.69) is 10.6 Å². The molecule has 29 heavy (non-hydrogen) atoms. The number of fused-ring (bicyclic) bond motifs is 1.